The third kappa shape index (κ3) is 6.02. The monoisotopic (exact) mass is 368 g/mol. The zero-order valence-electron chi connectivity index (χ0n) is 17.3. The van der Waals surface area contributed by atoms with Crippen LogP contribution in [0.1, 0.15) is 92.9 Å². The second-order valence-electron chi connectivity index (χ2n) is 7.84. The molecule has 0 aromatic heterocycles. The van der Waals surface area contributed by atoms with Crippen LogP contribution in [0.5, 0.6) is 11.5 Å². The molecule has 0 radical (unpaired) electrons. The largest absolute Gasteiger partial charge is 0.507 e. The Kier molecular flexibility index (Phi) is 8.71. The first kappa shape index (κ1) is 21.3. The van der Waals surface area contributed by atoms with Crippen LogP contribution >= 0.6 is 0 Å². The lowest BCUT2D eigenvalue weighted by molar-refractivity contribution is 0.443. The molecule has 27 heavy (non-hydrogen) atoms. The Morgan fingerprint density at radius 3 is 1.59 bits per heavy atom. The molecule has 0 atom stereocenters. The Balaban J connectivity index is 2.07. The molecule has 0 spiro atoms. The molecule has 2 N–H and O–H groups in total. The van der Waals surface area contributed by atoms with Crippen molar-refractivity contribution in [3.8, 4) is 11.5 Å². The Morgan fingerprint density at radius 1 is 0.667 bits per heavy atom. The minimum absolute atomic E-state index is 0.0323. The molecule has 0 saturated carbocycles. The fraction of sp³-hybridized carbons (Fsp3) is 0.520. The highest BCUT2D eigenvalue weighted by atomic mass is 16.3. The molecule has 0 bridgehead atoms. The van der Waals surface area contributed by atoms with Crippen LogP contribution in [0.15, 0.2) is 36.4 Å². The van der Waals surface area contributed by atoms with Crippen molar-refractivity contribution in [2.75, 3.05) is 0 Å². The summed E-state index contributed by atoms with van der Waals surface area (Å²) in [7, 11) is 0. The Labute approximate surface area is 165 Å². The molecule has 2 rings (SSSR count). The summed E-state index contributed by atoms with van der Waals surface area (Å²) in [5.74, 6) is 0.760. The van der Waals surface area contributed by atoms with Crippen molar-refractivity contribution >= 4 is 0 Å². The van der Waals surface area contributed by atoms with E-state index in [1.807, 2.05) is 50.2 Å². The highest BCUT2D eigenvalue weighted by Crippen LogP contribution is 2.41. The summed E-state index contributed by atoms with van der Waals surface area (Å²) in [6.07, 6.45) is 11.2. The van der Waals surface area contributed by atoms with Gasteiger partial charge in [-0.3, -0.25) is 0 Å². The van der Waals surface area contributed by atoms with Crippen LogP contribution in [0.25, 0.3) is 0 Å². The van der Waals surface area contributed by atoms with Gasteiger partial charge in [0, 0.05) is 17.0 Å². The molecule has 0 saturated heterocycles. The summed E-state index contributed by atoms with van der Waals surface area (Å²) in [4.78, 5) is 0. The van der Waals surface area contributed by atoms with Crippen molar-refractivity contribution in [3.05, 3.63) is 58.7 Å². The Morgan fingerprint density at radius 2 is 1.11 bits per heavy atom. The lowest BCUT2D eigenvalue weighted by Gasteiger charge is -2.22. The summed E-state index contributed by atoms with van der Waals surface area (Å²) in [6, 6.07) is 11.9. The molecule has 2 heteroatoms. The average Bonchev–Trinajstić information content (AvgIpc) is 2.66. The number of phenolic OH excluding ortho intramolecular Hbond substituents is 2. The Hall–Kier alpha value is -1.96. The van der Waals surface area contributed by atoms with Crippen molar-refractivity contribution in [1.29, 1.82) is 0 Å². The van der Waals surface area contributed by atoms with E-state index in [2.05, 4.69) is 6.92 Å². The van der Waals surface area contributed by atoms with Gasteiger partial charge < -0.3 is 10.2 Å². The van der Waals surface area contributed by atoms with E-state index in [9.17, 15) is 10.2 Å². The molecular formula is C25H36O2. The molecule has 0 fully saturated rings. The van der Waals surface area contributed by atoms with Crippen LogP contribution in [-0.2, 0) is 0 Å². The molecule has 0 aliphatic rings. The van der Waals surface area contributed by atoms with Crippen LogP contribution < -0.4 is 0 Å². The van der Waals surface area contributed by atoms with Gasteiger partial charge in [-0.05, 0) is 31.4 Å². The summed E-state index contributed by atoms with van der Waals surface area (Å²) in [5, 5.41) is 21.3. The fourth-order valence-corrected chi connectivity index (χ4v) is 3.89. The molecule has 0 aliphatic heterocycles. The van der Waals surface area contributed by atoms with E-state index in [1.54, 1.807) is 0 Å². The van der Waals surface area contributed by atoms with Gasteiger partial charge in [-0.2, -0.15) is 0 Å². The van der Waals surface area contributed by atoms with Gasteiger partial charge in [0.05, 0.1) is 0 Å². The molecule has 0 aliphatic carbocycles. The van der Waals surface area contributed by atoms with E-state index in [0.717, 1.165) is 35.1 Å². The van der Waals surface area contributed by atoms with E-state index < -0.39 is 0 Å². The maximum atomic E-state index is 10.6. The van der Waals surface area contributed by atoms with Gasteiger partial charge in [0.1, 0.15) is 11.5 Å². The SMILES string of the molecule is CCCCCCCCCCC(c1cccc(C)c1O)c1cccc(C)c1O. The van der Waals surface area contributed by atoms with Crippen LogP contribution in [0, 0.1) is 13.8 Å². The summed E-state index contributed by atoms with van der Waals surface area (Å²) < 4.78 is 0. The second-order valence-corrected chi connectivity index (χ2v) is 7.84. The van der Waals surface area contributed by atoms with Gasteiger partial charge in [-0.1, -0.05) is 94.7 Å². The zero-order valence-corrected chi connectivity index (χ0v) is 17.3. The van der Waals surface area contributed by atoms with Crippen LogP contribution in [-0.4, -0.2) is 10.2 Å². The molecule has 2 aromatic rings. The van der Waals surface area contributed by atoms with Gasteiger partial charge in [0.15, 0.2) is 0 Å². The van der Waals surface area contributed by atoms with Crippen molar-refractivity contribution in [2.45, 2.75) is 84.5 Å². The topological polar surface area (TPSA) is 40.5 Å². The second kappa shape index (κ2) is 11.0. The zero-order chi connectivity index (χ0) is 19.6. The maximum Gasteiger partial charge on any atom is 0.122 e. The highest BCUT2D eigenvalue weighted by molar-refractivity contribution is 5.50. The molecule has 148 valence electrons. The van der Waals surface area contributed by atoms with Crippen molar-refractivity contribution in [1.82, 2.24) is 0 Å². The van der Waals surface area contributed by atoms with E-state index in [0.29, 0.717) is 11.5 Å². The van der Waals surface area contributed by atoms with Crippen molar-refractivity contribution in [2.24, 2.45) is 0 Å². The van der Waals surface area contributed by atoms with Crippen molar-refractivity contribution < 1.29 is 10.2 Å². The van der Waals surface area contributed by atoms with Crippen LogP contribution in [0.2, 0.25) is 0 Å². The van der Waals surface area contributed by atoms with E-state index in [4.69, 9.17) is 0 Å². The van der Waals surface area contributed by atoms with Gasteiger partial charge in [0.2, 0.25) is 0 Å². The summed E-state index contributed by atoms with van der Waals surface area (Å²) in [5.41, 5.74) is 3.64. The first-order valence-corrected chi connectivity index (χ1v) is 10.6. The maximum absolute atomic E-state index is 10.6. The predicted octanol–water partition coefficient (Wildman–Crippen LogP) is 7.38. The smallest absolute Gasteiger partial charge is 0.122 e. The lowest BCUT2D eigenvalue weighted by atomic mass is 9.84. The molecule has 2 nitrogen and oxygen atoms in total. The van der Waals surface area contributed by atoms with Gasteiger partial charge in [-0.15, -0.1) is 0 Å². The molecule has 0 heterocycles. The first-order valence-electron chi connectivity index (χ1n) is 10.6. The number of phenols is 2. The lowest BCUT2D eigenvalue weighted by Crippen LogP contribution is -2.04. The van der Waals surface area contributed by atoms with E-state index >= 15 is 0 Å². The summed E-state index contributed by atoms with van der Waals surface area (Å²) >= 11 is 0. The number of para-hydroxylation sites is 2. The van der Waals surface area contributed by atoms with Gasteiger partial charge >= 0.3 is 0 Å². The number of benzene rings is 2. The quantitative estimate of drug-likeness (QED) is 0.406. The number of unbranched alkanes of at least 4 members (excludes halogenated alkanes) is 7. The van der Waals surface area contributed by atoms with Crippen LogP contribution in [0.3, 0.4) is 0 Å². The number of hydrogen-bond donors (Lipinski definition) is 2. The minimum Gasteiger partial charge on any atom is -0.507 e. The van der Waals surface area contributed by atoms with Crippen LogP contribution in [0.4, 0.5) is 0 Å². The third-order valence-corrected chi connectivity index (χ3v) is 5.64. The fourth-order valence-electron chi connectivity index (χ4n) is 3.89. The minimum atomic E-state index is 0.0323. The van der Waals surface area contributed by atoms with Crippen molar-refractivity contribution in [3.63, 3.8) is 0 Å². The predicted molar refractivity (Wildman–Crippen MR) is 115 cm³/mol. The molecule has 0 amide bonds. The standard InChI is InChI=1S/C25H36O2/c1-4-5-6-7-8-9-10-11-16-21(22-17-12-14-19(2)24(22)26)23-18-13-15-20(3)25(23)27/h12-15,17-18,21,26-27H,4-11,16H2,1-3H3. The van der Waals surface area contributed by atoms with Gasteiger partial charge in [-0.25, -0.2) is 0 Å². The third-order valence-electron chi connectivity index (χ3n) is 5.64. The van der Waals surface area contributed by atoms with E-state index in [1.165, 1.54) is 44.9 Å². The number of rotatable bonds is 11. The normalized spacial score (nSPS) is 11.3. The Bertz CT molecular complexity index is 654. The first-order chi connectivity index (χ1) is 13.1. The molecule has 0 unspecified atom stereocenters. The average molecular weight is 369 g/mol. The van der Waals surface area contributed by atoms with Gasteiger partial charge in [0.25, 0.3) is 0 Å². The summed E-state index contributed by atoms with van der Waals surface area (Å²) in [6.45, 7) is 6.12. The number of hydrogen-bond acceptors (Lipinski definition) is 2. The molecular weight excluding hydrogens is 332 g/mol. The number of aryl methyl sites for hydroxylation is 2. The molecule has 2 aromatic carbocycles. The highest BCUT2D eigenvalue weighted by Gasteiger charge is 2.21. The van der Waals surface area contributed by atoms with E-state index in [-0.39, 0.29) is 5.92 Å². The number of aromatic hydroxyl groups is 2.